The maximum atomic E-state index is 8.58. The van der Waals surface area contributed by atoms with Crippen LogP contribution in [0, 0.1) is 0 Å². The van der Waals surface area contributed by atoms with Crippen LogP contribution >= 0.6 is 0 Å². The van der Waals surface area contributed by atoms with Crippen LogP contribution in [0.2, 0.25) is 0 Å². The number of hydrogen-bond acceptors (Lipinski definition) is 9. The summed E-state index contributed by atoms with van der Waals surface area (Å²) < 4.78 is 43.5. The zero-order valence-electron chi connectivity index (χ0n) is 27.8. The Balaban J connectivity index is 3.06. The van der Waals surface area contributed by atoms with Crippen molar-refractivity contribution in [2.75, 3.05) is 112 Å². The van der Waals surface area contributed by atoms with Crippen molar-refractivity contribution < 1.29 is 43.0 Å². The van der Waals surface area contributed by atoms with Gasteiger partial charge in [-0.2, -0.15) is 0 Å². The van der Waals surface area contributed by atoms with Gasteiger partial charge in [-0.25, -0.2) is 0 Å². The number of ether oxygens (including phenoxy) is 8. The molecule has 1 N–H and O–H groups in total. The normalized spacial score (nSPS) is 11.8. The fourth-order valence-electron chi connectivity index (χ4n) is 4.16. The van der Waals surface area contributed by atoms with E-state index in [1.807, 2.05) is 0 Å². The van der Waals surface area contributed by atoms with Crippen molar-refractivity contribution in [1.29, 1.82) is 0 Å². The van der Waals surface area contributed by atoms with Crippen LogP contribution in [0.25, 0.3) is 0 Å². The lowest BCUT2D eigenvalue weighted by molar-refractivity contribution is -0.0238. The third-order valence-electron chi connectivity index (χ3n) is 6.64. The summed E-state index contributed by atoms with van der Waals surface area (Å²) in [5, 5.41) is 8.58. The van der Waals surface area contributed by atoms with Crippen molar-refractivity contribution >= 4 is 0 Å². The Labute approximate surface area is 264 Å². The lowest BCUT2D eigenvalue weighted by Gasteiger charge is -2.08. The Hall–Kier alpha value is -0.620. The number of hydrogen-bond donors (Lipinski definition) is 1. The molecule has 0 spiro atoms. The van der Waals surface area contributed by atoms with E-state index >= 15 is 0 Å². The molecule has 0 fully saturated rings. The molecule has 0 unspecified atom stereocenters. The Morgan fingerprint density at radius 1 is 0.326 bits per heavy atom. The maximum absolute atomic E-state index is 8.58. The van der Waals surface area contributed by atoms with Gasteiger partial charge in [0.25, 0.3) is 0 Å². The molecule has 258 valence electrons. The summed E-state index contributed by atoms with van der Waals surface area (Å²) >= 11 is 0. The van der Waals surface area contributed by atoms with Crippen LogP contribution in [-0.2, 0) is 37.9 Å². The van der Waals surface area contributed by atoms with E-state index in [0.717, 1.165) is 13.0 Å². The number of aliphatic hydroxyl groups is 1. The minimum Gasteiger partial charge on any atom is -0.394 e. The second-order valence-electron chi connectivity index (χ2n) is 10.6. The number of rotatable bonds is 39. The van der Waals surface area contributed by atoms with E-state index in [2.05, 4.69) is 19.1 Å². The van der Waals surface area contributed by atoms with Gasteiger partial charge in [0.2, 0.25) is 0 Å². The molecule has 43 heavy (non-hydrogen) atoms. The summed E-state index contributed by atoms with van der Waals surface area (Å²) in [4.78, 5) is 0. The smallest absolute Gasteiger partial charge is 0.0701 e. The quantitative estimate of drug-likeness (QED) is 0.0642. The molecule has 0 aliphatic carbocycles. The van der Waals surface area contributed by atoms with E-state index in [1.54, 1.807) is 0 Å². The molecule has 0 aromatic rings. The molecule has 0 bridgehead atoms. The Morgan fingerprint density at radius 3 is 0.953 bits per heavy atom. The number of unbranched alkanes of at least 4 members (excludes halogenated alkanes) is 12. The Morgan fingerprint density at radius 2 is 0.605 bits per heavy atom. The predicted octanol–water partition coefficient (Wildman–Crippen LogP) is 6.15. The maximum Gasteiger partial charge on any atom is 0.0701 e. The van der Waals surface area contributed by atoms with Crippen LogP contribution in [0.1, 0.15) is 96.8 Å². The fraction of sp³-hybridized carbons (Fsp3) is 0.941. The Bertz CT molecular complexity index is 508. The molecular weight excluding hydrogens is 552 g/mol. The molecule has 0 saturated carbocycles. The first-order valence-electron chi connectivity index (χ1n) is 17.3. The van der Waals surface area contributed by atoms with Gasteiger partial charge in [-0.15, -0.1) is 0 Å². The summed E-state index contributed by atoms with van der Waals surface area (Å²) in [5.41, 5.74) is 0. The van der Waals surface area contributed by atoms with E-state index in [0.29, 0.717) is 99.1 Å². The zero-order chi connectivity index (χ0) is 31.0. The average molecular weight is 621 g/mol. The summed E-state index contributed by atoms with van der Waals surface area (Å²) in [6.07, 6.45) is 23.3. The highest BCUT2D eigenvalue weighted by atomic mass is 16.6. The molecule has 0 aromatic heterocycles. The van der Waals surface area contributed by atoms with Gasteiger partial charge in [-0.3, -0.25) is 0 Å². The third-order valence-corrected chi connectivity index (χ3v) is 6.64. The third kappa shape index (κ3) is 41.4. The molecule has 9 heteroatoms. The number of allylic oxidation sites excluding steroid dienone is 2. The summed E-state index contributed by atoms with van der Waals surface area (Å²) in [7, 11) is 0. The van der Waals surface area contributed by atoms with Crippen molar-refractivity contribution in [3.8, 4) is 0 Å². The lowest BCUT2D eigenvalue weighted by Crippen LogP contribution is -2.15. The zero-order valence-corrected chi connectivity index (χ0v) is 27.8. The SMILES string of the molecule is CCCCCCCC/C=C\CCCCCCCCOCCOCCOCCOCCOCCOCCOCCOCCO. The van der Waals surface area contributed by atoms with Gasteiger partial charge in [0.05, 0.1) is 106 Å². The van der Waals surface area contributed by atoms with Gasteiger partial charge in [0, 0.05) is 6.61 Å². The predicted molar refractivity (Wildman–Crippen MR) is 173 cm³/mol. The van der Waals surface area contributed by atoms with Crippen molar-refractivity contribution in [2.24, 2.45) is 0 Å². The van der Waals surface area contributed by atoms with Crippen LogP contribution in [0.3, 0.4) is 0 Å². The van der Waals surface area contributed by atoms with Crippen molar-refractivity contribution in [3.05, 3.63) is 12.2 Å². The van der Waals surface area contributed by atoms with Crippen LogP contribution in [0.15, 0.2) is 12.2 Å². The van der Waals surface area contributed by atoms with E-state index in [-0.39, 0.29) is 6.61 Å². The molecule has 0 atom stereocenters. The van der Waals surface area contributed by atoms with Crippen molar-refractivity contribution in [1.82, 2.24) is 0 Å². The highest BCUT2D eigenvalue weighted by Crippen LogP contribution is 2.10. The molecule has 0 saturated heterocycles. The lowest BCUT2D eigenvalue weighted by atomic mass is 10.1. The molecule has 0 aromatic carbocycles. The van der Waals surface area contributed by atoms with Crippen molar-refractivity contribution in [3.63, 3.8) is 0 Å². The molecule has 0 aliphatic heterocycles. The van der Waals surface area contributed by atoms with Gasteiger partial charge in [0.15, 0.2) is 0 Å². The minimum absolute atomic E-state index is 0.0344. The van der Waals surface area contributed by atoms with E-state index < -0.39 is 0 Å². The highest BCUT2D eigenvalue weighted by Gasteiger charge is 1.96. The van der Waals surface area contributed by atoms with E-state index in [9.17, 15) is 0 Å². The number of aliphatic hydroxyl groups excluding tert-OH is 1. The van der Waals surface area contributed by atoms with Gasteiger partial charge in [-0.1, -0.05) is 76.9 Å². The molecule has 0 amide bonds. The van der Waals surface area contributed by atoms with Crippen LogP contribution in [0.4, 0.5) is 0 Å². The molecule has 9 nitrogen and oxygen atoms in total. The first kappa shape index (κ1) is 42.4. The van der Waals surface area contributed by atoms with Crippen LogP contribution in [0.5, 0.6) is 0 Å². The standard InChI is InChI=1S/C34H68O9/c1-2-3-4-5-6-7-8-9-10-11-12-13-14-15-16-17-19-36-21-23-38-25-27-40-29-31-42-33-34-43-32-30-41-28-26-39-24-22-37-20-18-35/h9-10,35H,2-8,11-34H2,1H3/b10-9-. The molecule has 0 aliphatic rings. The highest BCUT2D eigenvalue weighted by molar-refractivity contribution is 4.81. The first-order chi connectivity index (χ1) is 21.4. The van der Waals surface area contributed by atoms with Gasteiger partial charge in [0.1, 0.15) is 0 Å². The van der Waals surface area contributed by atoms with Crippen LogP contribution in [-0.4, -0.2) is 117 Å². The van der Waals surface area contributed by atoms with Gasteiger partial charge in [-0.05, 0) is 32.1 Å². The van der Waals surface area contributed by atoms with Gasteiger partial charge < -0.3 is 43.0 Å². The summed E-state index contributed by atoms with van der Waals surface area (Å²) in [6.45, 7) is 11.1. The molecule has 0 rings (SSSR count). The average Bonchev–Trinajstić information content (AvgIpc) is 3.02. The summed E-state index contributed by atoms with van der Waals surface area (Å²) in [5.74, 6) is 0. The molecular formula is C34H68O9. The van der Waals surface area contributed by atoms with E-state index in [4.69, 9.17) is 43.0 Å². The largest absolute Gasteiger partial charge is 0.394 e. The first-order valence-corrected chi connectivity index (χ1v) is 17.3. The topological polar surface area (TPSA) is 94.1 Å². The Kier molecular flexibility index (Phi) is 40.8. The van der Waals surface area contributed by atoms with Crippen LogP contribution < -0.4 is 0 Å². The molecule has 0 heterocycles. The summed E-state index contributed by atoms with van der Waals surface area (Å²) in [6, 6.07) is 0. The minimum atomic E-state index is 0.0344. The second-order valence-corrected chi connectivity index (χ2v) is 10.6. The molecule has 0 radical (unpaired) electrons. The van der Waals surface area contributed by atoms with E-state index in [1.165, 1.54) is 83.5 Å². The van der Waals surface area contributed by atoms with Gasteiger partial charge >= 0.3 is 0 Å². The fourth-order valence-corrected chi connectivity index (χ4v) is 4.16. The van der Waals surface area contributed by atoms with Crippen molar-refractivity contribution in [2.45, 2.75) is 96.8 Å². The monoisotopic (exact) mass is 620 g/mol. The second kappa shape index (κ2) is 41.4.